The van der Waals surface area contributed by atoms with Gasteiger partial charge in [0.2, 0.25) is 0 Å². The third-order valence-electron chi connectivity index (χ3n) is 5.89. The number of carbonyl (C=O) groups excluding carboxylic acids is 1. The SMILES string of the molecule is CO[C@H]1CN(C(=O)OCC2c3ccccc3-c3ccccc32)[C@@H]2OC[C@H](O)[C@@H]2O1. The summed E-state index contributed by atoms with van der Waals surface area (Å²) in [5.41, 5.74) is 4.67. The van der Waals surface area contributed by atoms with Crippen molar-refractivity contribution in [3.05, 3.63) is 59.7 Å². The molecule has 0 unspecified atom stereocenters. The lowest BCUT2D eigenvalue weighted by atomic mass is 9.98. The molecule has 1 aliphatic carbocycles. The van der Waals surface area contributed by atoms with Gasteiger partial charge in [-0.15, -0.1) is 0 Å². The molecule has 29 heavy (non-hydrogen) atoms. The number of methoxy groups -OCH3 is 1. The second-order valence-corrected chi connectivity index (χ2v) is 7.51. The van der Waals surface area contributed by atoms with E-state index in [9.17, 15) is 9.90 Å². The second-order valence-electron chi connectivity index (χ2n) is 7.51. The highest BCUT2D eigenvalue weighted by Gasteiger charge is 2.49. The number of nitrogens with zero attached hydrogens (tertiary/aromatic N) is 1. The minimum absolute atomic E-state index is 0.0171. The predicted molar refractivity (Wildman–Crippen MR) is 103 cm³/mol. The van der Waals surface area contributed by atoms with E-state index in [1.54, 1.807) is 0 Å². The number of aliphatic hydroxyl groups excluding tert-OH is 1. The lowest BCUT2D eigenvalue weighted by Crippen LogP contribution is -2.58. The molecule has 7 heteroatoms. The fourth-order valence-electron chi connectivity index (χ4n) is 4.47. The summed E-state index contributed by atoms with van der Waals surface area (Å²) in [7, 11) is 1.50. The highest BCUT2D eigenvalue weighted by molar-refractivity contribution is 5.79. The van der Waals surface area contributed by atoms with Crippen molar-refractivity contribution in [3.8, 4) is 11.1 Å². The highest BCUT2D eigenvalue weighted by Crippen LogP contribution is 2.44. The topological polar surface area (TPSA) is 77.5 Å². The summed E-state index contributed by atoms with van der Waals surface area (Å²) < 4.78 is 22.2. The summed E-state index contributed by atoms with van der Waals surface area (Å²) in [4.78, 5) is 14.4. The number of benzene rings is 2. The van der Waals surface area contributed by atoms with Crippen molar-refractivity contribution >= 4 is 6.09 Å². The monoisotopic (exact) mass is 397 g/mol. The smallest absolute Gasteiger partial charge is 0.412 e. The van der Waals surface area contributed by atoms with Crippen molar-refractivity contribution in [1.29, 1.82) is 0 Å². The summed E-state index contributed by atoms with van der Waals surface area (Å²) in [6.45, 7) is 0.516. The van der Waals surface area contributed by atoms with Crippen molar-refractivity contribution in [1.82, 2.24) is 4.90 Å². The quantitative estimate of drug-likeness (QED) is 0.857. The van der Waals surface area contributed by atoms with Gasteiger partial charge in [0.05, 0.1) is 13.2 Å². The lowest BCUT2D eigenvalue weighted by Gasteiger charge is -2.39. The van der Waals surface area contributed by atoms with Crippen LogP contribution in [0.4, 0.5) is 4.79 Å². The third kappa shape index (κ3) is 3.11. The number of morpholine rings is 1. The Morgan fingerprint density at radius 2 is 1.79 bits per heavy atom. The Hall–Kier alpha value is -2.45. The lowest BCUT2D eigenvalue weighted by molar-refractivity contribution is -0.241. The van der Waals surface area contributed by atoms with Crippen molar-refractivity contribution < 1.29 is 28.8 Å². The molecule has 5 rings (SSSR count). The first-order valence-electron chi connectivity index (χ1n) is 9.77. The Balaban J connectivity index is 1.34. The van der Waals surface area contributed by atoms with Crippen LogP contribution in [0.2, 0.25) is 0 Å². The van der Waals surface area contributed by atoms with Gasteiger partial charge < -0.3 is 24.1 Å². The van der Waals surface area contributed by atoms with Gasteiger partial charge >= 0.3 is 6.09 Å². The number of fused-ring (bicyclic) bond motifs is 4. The molecule has 1 N–H and O–H groups in total. The number of hydrogen-bond donors (Lipinski definition) is 1. The zero-order valence-corrected chi connectivity index (χ0v) is 16.1. The molecule has 2 aromatic carbocycles. The highest BCUT2D eigenvalue weighted by atomic mass is 16.7. The third-order valence-corrected chi connectivity index (χ3v) is 5.89. The fraction of sp³-hybridized carbons (Fsp3) is 0.409. The van der Waals surface area contributed by atoms with Crippen LogP contribution in [0.3, 0.4) is 0 Å². The summed E-state index contributed by atoms with van der Waals surface area (Å²) in [6, 6.07) is 16.4. The molecule has 2 fully saturated rings. The first-order valence-corrected chi connectivity index (χ1v) is 9.77. The molecule has 0 saturated carbocycles. The van der Waals surface area contributed by atoms with Crippen LogP contribution in [0.15, 0.2) is 48.5 Å². The average Bonchev–Trinajstić information content (AvgIpc) is 3.29. The zero-order chi connectivity index (χ0) is 20.0. The van der Waals surface area contributed by atoms with Crippen LogP contribution < -0.4 is 0 Å². The molecule has 1 amide bonds. The van der Waals surface area contributed by atoms with Gasteiger partial charge in [-0.1, -0.05) is 48.5 Å². The Morgan fingerprint density at radius 3 is 2.45 bits per heavy atom. The molecule has 3 aliphatic rings. The Kier molecular flexibility index (Phi) is 4.75. The van der Waals surface area contributed by atoms with Gasteiger partial charge in [0.15, 0.2) is 12.5 Å². The number of amides is 1. The molecule has 2 heterocycles. The Labute approximate surface area is 168 Å². The van der Waals surface area contributed by atoms with E-state index in [-0.39, 0.29) is 25.7 Å². The molecule has 152 valence electrons. The van der Waals surface area contributed by atoms with Crippen LogP contribution in [0.25, 0.3) is 11.1 Å². The molecule has 7 nitrogen and oxygen atoms in total. The van der Waals surface area contributed by atoms with Crippen LogP contribution in [-0.4, -0.2) is 67.7 Å². The van der Waals surface area contributed by atoms with Gasteiger partial charge in [-0.25, -0.2) is 4.79 Å². The van der Waals surface area contributed by atoms with Crippen molar-refractivity contribution in [2.75, 3.05) is 26.9 Å². The molecule has 0 radical (unpaired) electrons. The normalized spacial score (nSPS) is 28.0. The Morgan fingerprint density at radius 1 is 1.14 bits per heavy atom. The van der Waals surface area contributed by atoms with Gasteiger partial charge in [-0.3, -0.25) is 4.90 Å². The summed E-state index contributed by atoms with van der Waals surface area (Å²) in [5.74, 6) is -0.0171. The van der Waals surface area contributed by atoms with Gasteiger partial charge in [0.1, 0.15) is 18.8 Å². The fourth-order valence-corrected chi connectivity index (χ4v) is 4.47. The first-order chi connectivity index (χ1) is 14.2. The molecule has 0 bridgehead atoms. The molecule has 2 saturated heterocycles. The van der Waals surface area contributed by atoms with E-state index in [2.05, 4.69) is 24.3 Å². The van der Waals surface area contributed by atoms with Crippen LogP contribution in [0, 0.1) is 0 Å². The van der Waals surface area contributed by atoms with E-state index in [1.165, 1.54) is 23.1 Å². The summed E-state index contributed by atoms with van der Waals surface area (Å²) >= 11 is 0. The van der Waals surface area contributed by atoms with E-state index in [0.29, 0.717) is 0 Å². The number of hydrogen-bond acceptors (Lipinski definition) is 6. The number of aliphatic hydroxyl groups is 1. The maximum Gasteiger partial charge on any atom is 0.412 e. The van der Waals surface area contributed by atoms with Crippen molar-refractivity contribution in [2.24, 2.45) is 0 Å². The maximum absolute atomic E-state index is 12.9. The number of carbonyl (C=O) groups is 1. The minimum atomic E-state index is -0.804. The van der Waals surface area contributed by atoms with Crippen LogP contribution >= 0.6 is 0 Å². The first kappa shape index (κ1) is 18.6. The van der Waals surface area contributed by atoms with E-state index >= 15 is 0 Å². The molecule has 0 spiro atoms. The standard InChI is InChI=1S/C22H23NO6/c1-26-19-10-23(21-20(29-19)18(24)12-27-21)22(25)28-11-17-15-8-4-2-6-13(15)14-7-3-5-9-16(14)17/h2-9,17-21,24H,10-12H2,1H3/t18-,19+,20-,21+/m0/s1. The van der Waals surface area contributed by atoms with Crippen molar-refractivity contribution in [3.63, 3.8) is 0 Å². The van der Waals surface area contributed by atoms with E-state index in [1.807, 2.05) is 24.3 Å². The molecule has 0 aromatic heterocycles. The minimum Gasteiger partial charge on any atom is -0.448 e. The van der Waals surface area contributed by atoms with E-state index in [0.717, 1.165) is 11.1 Å². The van der Waals surface area contributed by atoms with Crippen LogP contribution in [0.5, 0.6) is 0 Å². The van der Waals surface area contributed by atoms with Crippen LogP contribution in [0.1, 0.15) is 17.0 Å². The van der Waals surface area contributed by atoms with E-state index < -0.39 is 30.8 Å². The Bertz CT molecular complexity index is 872. The molecule has 2 aromatic rings. The van der Waals surface area contributed by atoms with Gasteiger partial charge in [0.25, 0.3) is 0 Å². The van der Waals surface area contributed by atoms with Gasteiger partial charge in [-0.05, 0) is 22.3 Å². The van der Waals surface area contributed by atoms with Crippen molar-refractivity contribution in [2.45, 2.75) is 30.6 Å². The number of ether oxygens (including phenoxy) is 4. The molecular weight excluding hydrogens is 374 g/mol. The van der Waals surface area contributed by atoms with Crippen LogP contribution in [-0.2, 0) is 18.9 Å². The average molecular weight is 397 g/mol. The summed E-state index contributed by atoms with van der Waals surface area (Å²) in [6.07, 6.45) is -3.25. The van der Waals surface area contributed by atoms with Gasteiger partial charge in [0, 0.05) is 13.0 Å². The zero-order valence-electron chi connectivity index (χ0n) is 16.1. The maximum atomic E-state index is 12.9. The predicted octanol–water partition coefficient (Wildman–Crippen LogP) is 2.33. The molecule has 4 atom stereocenters. The molecular formula is C22H23NO6. The summed E-state index contributed by atoms with van der Waals surface area (Å²) in [5, 5.41) is 10.1. The molecule has 2 aliphatic heterocycles. The number of rotatable bonds is 3. The van der Waals surface area contributed by atoms with Gasteiger partial charge in [-0.2, -0.15) is 0 Å². The second kappa shape index (κ2) is 7.42. The largest absolute Gasteiger partial charge is 0.448 e. The van der Waals surface area contributed by atoms with E-state index in [4.69, 9.17) is 18.9 Å².